The highest BCUT2D eigenvalue weighted by Gasteiger charge is 2.17. The molecule has 0 amide bonds. The van der Waals surface area contributed by atoms with Gasteiger partial charge in [0.1, 0.15) is 11.4 Å². The lowest BCUT2D eigenvalue weighted by Gasteiger charge is -2.12. The minimum atomic E-state index is -3.68. The van der Waals surface area contributed by atoms with Crippen molar-refractivity contribution < 1.29 is 17.7 Å². The molecule has 37 heavy (non-hydrogen) atoms. The van der Waals surface area contributed by atoms with Gasteiger partial charge in [0.05, 0.1) is 18.3 Å². The van der Waals surface area contributed by atoms with Crippen LogP contribution in [0, 0.1) is 13.8 Å². The molecule has 2 aromatic heterocycles. The maximum atomic E-state index is 12.9. The highest BCUT2D eigenvalue weighted by Crippen LogP contribution is 2.24. The third-order valence-electron chi connectivity index (χ3n) is 5.83. The number of aromatic nitrogens is 4. The van der Waals surface area contributed by atoms with Crippen molar-refractivity contribution >= 4 is 15.7 Å². The fourth-order valence-corrected chi connectivity index (χ4v) is 5.23. The summed E-state index contributed by atoms with van der Waals surface area (Å²) in [6.07, 6.45) is 3.51. The van der Waals surface area contributed by atoms with Crippen LogP contribution < -0.4 is 9.46 Å². The minimum absolute atomic E-state index is 0.277. The van der Waals surface area contributed by atoms with Crippen molar-refractivity contribution in [3.05, 3.63) is 95.9 Å². The summed E-state index contributed by atoms with van der Waals surface area (Å²) >= 11 is 0. The van der Waals surface area contributed by atoms with E-state index < -0.39 is 10.0 Å². The highest BCUT2D eigenvalue weighted by molar-refractivity contribution is 7.92. The van der Waals surface area contributed by atoms with Gasteiger partial charge in [-0.05, 0) is 73.0 Å². The Hall–Kier alpha value is -4.44. The molecule has 0 aliphatic carbocycles. The first-order valence-electron chi connectivity index (χ1n) is 11.5. The molecule has 0 unspecified atom stereocenters. The number of benzene rings is 3. The molecule has 0 saturated carbocycles. The van der Waals surface area contributed by atoms with E-state index >= 15 is 0 Å². The zero-order chi connectivity index (χ0) is 26.0. The molecule has 2 heterocycles. The van der Waals surface area contributed by atoms with Gasteiger partial charge in [0, 0.05) is 24.0 Å². The number of ether oxygens (including phenoxy) is 1. The van der Waals surface area contributed by atoms with Gasteiger partial charge in [0.2, 0.25) is 5.82 Å². The first-order chi connectivity index (χ1) is 17.8. The molecular weight excluding hydrogens is 490 g/mol. The SMILES string of the molecule is COc1ccc(-c2noc(-c3cn(Cc4ccc(NS(=O)(=O)c5cc(C)ccc5C)cc4)cn3)n2)cc1. The van der Waals surface area contributed by atoms with Crippen LogP contribution in [0.5, 0.6) is 5.75 Å². The van der Waals surface area contributed by atoms with Crippen molar-refractivity contribution in [2.45, 2.75) is 25.3 Å². The Labute approximate surface area is 214 Å². The van der Waals surface area contributed by atoms with Crippen LogP contribution in [-0.4, -0.2) is 35.2 Å². The quantitative estimate of drug-likeness (QED) is 0.307. The normalized spacial score (nSPS) is 11.4. The molecule has 0 bridgehead atoms. The number of rotatable bonds is 8. The van der Waals surface area contributed by atoms with Crippen molar-refractivity contribution in [1.82, 2.24) is 19.7 Å². The van der Waals surface area contributed by atoms with Crippen molar-refractivity contribution in [3.63, 3.8) is 0 Å². The zero-order valence-electron chi connectivity index (χ0n) is 20.5. The van der Waals surface area contributed by atoms with Gasteiger partial charge in [0.25, 0.3) is 15.9 Å². The van der Waals surface area contributed by atoms with Crippen LogP contribution in [0.25, 0.3) is 23.0 Å². The number of imidazole rings is 1. The summed E-state index contributed by atoms with van der Waals surface area (Å²) in [5.41, 5.74) is 4.42. The second kappa shape index (κ2) is 9.90. The molecule has 5 rings (SSSR count). The lowest BCUT2D eigenvalue weighted by molar-refractivity contribution is 0.414. The van der Waals surface area contributed by atoms with Crippen molar-refractivity contribution in [2.24, 2.45) is 0 Å². The Bertz CT molecular complexity index is 1640. The Morgan fingerprint density at radius 3 is 2.49 bits per heavy atom. The number of methoxy groups -OCH3 is 1. The van der Waals surface area contributed by atoms with E-state index in [0.717, 1.165) is 22.4 Å². The number of aryl methyl sites for hydroxylation is 2. The minimum Gasteiger partial charge on any atom is -0.497 e. The van der Waals surface area contributed by atoms with Crippen molar-refractivity contribution in [2.75, 3.05) is 11.8 Å². The molecule has 0 aliphatic heterocycles. The molecule has 0 radical (unpaired) electrons. The standard InChI is InChI=1S/C27H25N5O4S/c1-18-4-5-19(2)25(14-18)37(33,34)31-22-10-6-20(7-11-22)15-32-16-24(28-17-32)27-29-26(30-36-27)21-8-12-23(35-3)13-9-21/h4-14,16-17,31H,15H2,1-3H3. The number of hydrogen-bond donors (Lipinski definition) is 1. The molecular formula is C27H25N5O4S. The number of nitrogens with one attached hydrogen (secondary N) is 1. The maximum absolute atomic E-state index is 12.9. The molecule has 1 N–H and O–H groups in total. The summed E-state index contributed by atoms with van der Waals surface area (Å²) in [4.78, 5) is 9.11. The highest BCUT2D eigenvalue weighted by atomic mass is 32.2. The largest absolute Gasteiger partial charge is 0.497 e. The van der Waals surface area contributed by atoms with Crippen molar-refractivity contribution in [1.29, 1.82) is 0 Å². The first-order valence-corrected chi connectivity index (χ1v) is 13.0. The summed E-state index contributed by atoms with van der Waals surface area (Å²) in [5.74, 6) is 1.53. The third kappa shape index (κ3) is 5.39. The van der Waals surface area contributed by atoms with E-state index in [1.165, 1.54) is 0 Å². The molecule has 0 spiro atoms. The van der Waals surface area contributed by atoms with E-state index in [1.54, 1.807) is 44.6 Å². The lowest BCUT2D eigenvalue weighted by Crippen LogP contribution is -2.14. The lowest BCUT2D eigenvalue weighted by atomic mass is 10.2. The fraction of sp³-hybridized carbons (Fsp3) is 0.148. The van der Waals surface area contributed by atoms with Crippen LogP contribution >= 0.6 is 0 Å². The smallest absolute Gasteiger partial charge is 0.278 e. The van der Waals surface area contributed by atoms with Gasteiger partial charge in [-0.1, -0.05) is 29.4 Å². The van der Waals surface area contributed by atoms with Gasteiger partial charge < -0.3 is 13.8 Å². The van der Waals surface area contributed by atoms with Crippen LogP contribution in [0.1, 0.15) is 16.7 Å². The summed E-state index contributed by atoms with van der Waals surface area (Å²) in [6, 6.07) is 20.0. The molecule has 5 aromatic rings. The Kier molecular flexibility index (Phi) is 6.49. The van der Waals surface area contributed by atoms with Crippen LogP contribution in [0.2, 0.25) is 0 Å². The topological polar surface area (TPSA) is 112 Å². The number of anilines is 1. The fourth-order valence-electron chi connectivity index (χ4n) is 3.84. The van der Waals surface area contributed by atoms with Crippen LogP contribution in [0.4, 0.5) is 5.69 Å². The van der Waals surface area contributed by atoms with E-state index in [-0.39, 0.29) is 4.90 Å². The summed E-state index contributed by atoms with van der Waals surface area (Å²) in [5, 5.41) is 4.05. The number of nitrogens with zero attached hydrogens (tertiary/aromatic N) is 4. The van der Waals surface area contributed by atoms with Gasteiger partial charge in [-0.3, -0.25) is 4.72 Å². The molecule has 188 valence electrons. The van der Waals surface area contributed by atoms with Gasteiger partial charge in [0.15, 0.2) is 0 Å². The number of hydrogen-bond acceptors (Lipinski definition) is 7. The molecule has 3 aromatic carbocycles. The predicted molar refractivity (Wildman–Crippen MR) is 140 cm³/mol. The second-order valence-corrected chi connectivity index (χ2v) is 10.3. The van der Waals surface area contributed by atoms with Gasteiger partial charge in [-0.25, -0.2) is 13.4 Å². The molecule has 10 heteroatoms. The van der Waals surface area contributed by atoms with Crippen molar-refractivity contribution in [3.8, 4) is 28.7 Å². The van der Waals surface area contributed by atoms with E-state index in [4.69, 9.17) is 9.26 Å². The second-order valence-electron chi connectivity index (χ2n) is 8.65. The monoisotopic (exact) mass is 515 g/mol. The zero-order valence-corrected chi connectivity index (χ0v) is 21.4. The summed E-state index contributed by atoms with van der Waals surface area (Å²) in [6.45, 7) is 4.19. The molecule has 0 saturated heterocycles. The van der Waals surface area contributed by atoms with E-state index in [0.29, 0.717) is 35.2 Å². The number of sulfonamides is 1. The Balaban J connectivity index is 1.26. The van der Waals surface area contributed by atoms with Gasteiger partial charge >= 0.3 is 0 Å². The van der Waals surface area contributed by atoms with Gasteiger partial charge in [-0.2, -0.15) is 4.98 Å². The summed E-state index contributed by atoms with van der Waals surface area (Å²) in [7, 11) is -2.07. The first kappa shape index (κ1) is 24.3. The average Bonchev–Trinajstić information content (AvgIpc) is 3.56. The van der Waals surface area contributed by atoms with E-state index in [9.17, 15) is 8.42 Å². The molecule has 0 atom stereocenters. The third-order valence-corrected chi connectivity index (χ3v) is 7.35. The molecule has 0 aliphatic rings. The Morgan fingerprint density at radius 2 is 1.76 bits per heavy atom. The maximum Gasteiger partial charge on any atom is 0.278 e. The predicted octanol–water partition coefficient (Wildman–Crippen LogP) is 5.07. The van der Waals surface area contributed by atoms with Crippen LogP contribution in [0.3, 0.4) is 0 Å². The summed E-state index contributed by atoms with van der Waals surface area (Å²) < 4.78 is 40.9. The average molecular weight is 516 g/mol. The van der Waals surface area contributed by atoms with Crippen LogP contribution in [-0.2, 0) is 16.6 Å². The molecule has 9 nitrogen and oxygen atoms in total. The Morgan fingerprint density at radius 1 is 1.00 bits per heavy atom. The van der Waals surface area contributed by atoms with Crippen LogP contribution in [0.15, 0.2) is 88.7 Å². The van der Waals surface area contributed by atoms with E-state index in [1.807, 2.05) is 60.2 Å². The van der Waals surface area contributed by atoms with Gasteiger partial charge in [-0.15, -0.1) is 0 Å². The van der Waals surface area contributed by atoms with E-state index in [2.05, 4.69) is 19.8 Å². The molecule has 0 fully saturated rings.